The Morgan fingerprint density at radius 1 is 1.50 bits per heavy atom. The maximum absolute atomic E-state index is 10.4. The van der Waals surface area contributed by atoms with Crippen LogP contribution in [0.1, 0.15) is 24.0 Å². The molecule has 0 amide bonds. The van der Waals surface area contributed by atoms with E-state index in [0.29, 0.717) is 5.02 Å². The summed E-state index contributed by atoms with van der Waals surface area (Å²) in [6.07, 6.45) is 3.38. The summed E-state index contributed by atoms with van der Waals surface area (Å²) < 4.78 is 5.24. The number of aliphatic imine (C=N–C) groups is 1. The van der Waals surface area contributed by atoms with Gasteiger partial charge < -0.3 is 4.74 Å². The van der Waals surface area contributed by atoms with E-state index in [1.807, 2.05) is 13.0 Å². The molecule has 0 unspecified atom stereocenters. The van der Waals surface area contributed by atoms with Crippen LogP contribution in [0.5, 0.6) is 5.75 Å². The van der Waals surface area contributed by atoms with E-state index in [1.54, 1.807) is 19.3 Å². The summed E-state index contributed by atoms with van der Waals surface area (Å²) in [5, 5.41) is 0.602. The highest BCUT2D eigenvalue weighted by Crippen LogP contribution is 2.52. The van der Waals surface area contributed by atoms with Gasteiger partial charge in [-0.05, 0) is 43.0 Å². The fourth-order valence-electron chi connectivity index (χ4n) is 2.00. The largest absolute Gasteiger partial charge is 0.496 e. The van der Waals surface area contributed by atoms with Gasteiger partial charge in [0, 0.05) is 5.02 Å². The monoisotopic (exact) mass is 237 g/mol. The molecule has 1 aromatic carbocycles. The summed E-state index contributed by atoms with van der Waals surface area (Å²) >= 11 is 6.01. The lowest BCUT2D eigenvalue weighted by Crippen LogP contribution is -2.06. The lowest BCUT2D eigenvalue weighted by Gasteiger charge is -2.15. The number of methoxy groups -OCH3 is 1. The van der Waals surface area contributed by atoms with Crippen molar-refractivity contribution in [1.29, 1.82) is 0 Å². The number of isocyanates is 1. The van der Waals surface area contributed by atoms with Crippen molar-refractivity contribution >= 4 is 17.7 Å². The molecule has 1 saturated carbocycles. The molecule has 84 valence electrons. The lowest BCUT2D eigenvalue weighted by molar-refractivity contribution is 0.410. The van der Waals surface area contributed by atoms with Crippen molar-refractivity contribution in [2.24, 2.45) is 4.99 Å². The molecule has 0 spiro atoms. The minimum absolute atomic E-state index is 0.399. The van der Waals surface area contributed by atoms with Crippen LogP contribution in [0.4, 0.5) is 0 Å². The maximum atomic E-state index is 10.4. The predicted octanol–water partition coefficient (Wildman–Crippen LogP) is 2.98. The summed E-state index contributed by atoms with van der Waals surface area (Å²) in [6.45, 7) is 1.95. The Kier molecular flexibility index (Phi) is 2.75. The first-order valence-electron chi connectivity index (χ1n) is 5.06. The minimum Gasteiger partial charge on any atom is -0.496 e. The van der Waals surface area contributed by atoms with Crippen LogP contribution in [-0.4, -0.2) is 13.2 Å². The average Bonchev–Trinajstić information content (AvgIpc) is 3.02. The molecule has 1 aromatic rings. The van der Waals surface area contributed by atoms with Crippen LogP contribution in [0.15, 0.2) is 17.1 Å². The average molecular weight is 238 g/mol. The Labute approximate surface area is 99.1 Å². The van der Waals surface area contributed by atoms with Crippen LogP contribution in [-0.2, 0) is 10.3 Å². The minimum atomic E-state index is -0.399. The molecular weight excluding hydrogens is 226 g/mol. The maximum Gasteiger partial charge on any atom is 0.235 e. The quantitative estimate of drug-likeness (QED) is 0.599. The van der Waals surface area contributed by atoms with Crippen molar-refractivity contribution in [3.8, 4) is 5.75 Å². The highest BCUT2D eigenvalue weighted by molar-refractivity contribution is 6.30. The van der Waals surface area contributed by atoms with Gasteiger partial charge >= 0.3 is 0 Å². The second-order valence-corrected chi connectivity index (χ2v) is 4.45. The Hall–Kier alpha value is -1.31. The van der Waals surface area contributed by atoms with Crippen LogP contribution in [0.3, 0.4) is 0 Å². The number of halogens is 1. The summed E-state index contributed by atoms with van der Waals surface area (Å²) in [7, 11) is 1.60. The molecule has 0 aromatic heterocycles. The highest BCUT2D eigenvalue weighted by atomic mass is 35.5. The molecule has 0 atom stereocenters. The van der Waals surface area contributed by atoms with Gasteiger partial charge in [-0.3, -0.25) is 0 Å². The Morgan fingerprint density at radius 2 is 2.19 bits per heavy atom. The number of rotatable bonds is 3. The smallest absolute Gasteiger partial charge is 0.235 e. The molecule has 0 bridgehead atoms. The molecule has 0 N–H and O–H groups in total. The number of hydrogen-bond donors (Lipinski definition) is 0. The van der Waals surface area contributed by atoms with Gasteiger partial charge in [0.25, 0.3) is 0 Å². The molecular formula is C12H12ClNO2. The third kappa shape index (κ3) is 1.73. The van der Waals surface area contributed by atoms with Crippen LogP contribution in [0.25, 0.3) is 0 Å². The van der Waals surface area contributed by atoms with E-state index in [4.69, 9.17) is 16.3 Å². The number of ether oxygens (including phenoxy) is 1. The molecule has 1 aliphatic rings. The third-order valence-corrected chi connectivity index (χ3v) is 3.25. The molecule has 0 radical (unpaired) electrons. The van der Waals surface area contributed by atoms with E-state index in [1.165, 1.54) is 0 Å². The number of nitrogens with zero attached hydrogens (tertiary/aromatic N) is 1. The molecule has 2 rings (SSSR count). The first-order valence-corrected chi connectivity index (χ1v) is 5.44. The molecule has 0 saturated heterocycles. The molecule has 0 aliphatic heterocycles. The van der Waals surface area contributed by atoms with Crippen molar-refractivity contribution in [1.82, 2.24) is 0 Å². The summed E-state index contributed by atoms with van der Waals surface area (Å²) in [5.41, 5.74) is 1.56. The first-order chi connectivity index (χ1) is 7.63. The van der Waals surface area contributed by atoms with Gasteiger partial charge in [0.2, 0.25) is 6.08 Å². The summed E-state index contributed by atoms with van der Waals surface area (Å²) in [6, 6.07) is 3.62. The summed E-state index contributed by atoms with van der Waals surface area (Å²) in [5.74, 6) is 0.731. The zero-order valence-corrected chi connectivity index (χ0v) is 9.97. The normalized spacial score (nSPS) is 16.4. The van der Waals surface area contributed by atoms with Crippen LogP contribution < -0.4 is 4.74 Å². The van der Waals surface area contributed by atoms with Crippen LogP contribution >= 0.6 is 11.6 Å². The SMILES string of the molecule is COc1cc(Cl)cc(C2(N=C=O)CC2)c1C. The second-order valence-electron chi connectivity index (χ2n) is 4.02. The Morgan fingerprint density at radius 3 is 2.69 bits per heavy atom. The predicted molar refractivity (Wildman–Crippen MR) is 61.8 cm³/mol. The zero-order chi connectivity index (χ0) is 11.8. The van der Waals surface area contributed by atoms with E-state index < -0.39 is 5.54 Å². The molecule has 0 heterocycles. The second kappa shape index (κ2) is 3.93. The van der Waals surface area contributed by atoms with Crippen molar-refractivity contribution in [2.75, 3.05) is 7.11 Å². The topological polar surface area (TPSA) is 38.7 Å². The van der Waals surface area contributed by atoms with Crippen molar-refractivity contribution in [3.05, 3.63) is 28.3 Å². The van der Waals surface area contributed by atoms with E-state index in [9.17, 15) is 4.79 Å². The number of hydrogen-bond acceptors (Lipinski definition) is 3. The van der Waals surface area contributed by atoms with E-state index in [0.717, 1.165) is 29.7 Å². The number of carbonyl (C=O) groups excluding carboxylic acids is 1. The van der Waals surface area contributed by atoms with E-state index in [2.05, 4.69) is 4.99 Å². The van der Waals surface area contributed by atoms with Crippen LogP contribution in [0.2, 0.25) is 5.02 Å². The van der Waals surface area contributed by atoms with Gasteiger partial charge in [-0.15, -0.1) is 0 Å². The molecule has 3 nitrogen and oxygen atoms in total. The van der Waals surface area contributed by atoms with Gasteiger partial charge in [0.15, 0.2) is 0 Å². The number of benzene rings is 1. The third-order valence-electron chi connectivity index (χ3n) is 3.03. The van der Waals surface area contributed by atoms with Gasteiger partial charge in [0.1, 0.15) is 5.75 Å². The first kappa shape index (κ1) is 11.2. The molecule has 4 heteroatoms. The molecule has 1 fully saturated rings. The Balaban J connectivity index is 2.56. The van der Waals surface area contributed by atoms with E-state index >= 15 is 0 Å². The lowest BCUT2D eigenvalue weighted by atomic mass is 9.99. The van der Waals surface area contributed by atoms with E-state index in [-0.39, 0.29) is 0 Å². The fraction of sp³-hybridized carbons (Fsp3) is 0.417. The summed E-state index contributed by atoms with van der Waals surface area (Å²) in [4.78, 5) is 14.3. The van der Waals surface area contributed by atoms with Crippen LogP contribution in [0, 0.1) is 6.92 Å². The Bertz CT molecular complexity index is 474. The van der Waals surface area contributed by atoms with Crippen molar-refractivity contribution in [3.63, 3.8) is 0 Å². The molecule has 16 heavy (non-hydrogen) atoms. The van der Waals surface area contributed by atoms with Crippen molar-refractivity contribution in [2.45, 2.75) is 25.3 Å². The van der Waals surface area contributed by atoms with Gasteiger partial charge in [-0.1, -0.05) is 11.6 Å². The highest BCUT2D eigenvalue weighted by Gasteiger charge is 2.46. The standard InChI is InChI=1S/C12H12ClNO2/c1-8-10(12(3-4-12)14-7-15)5-9(13)6-11(8)16-2/h5-6H,3-4H2,1-2H3. The fourth-order valence-corrected chi connectivity index (χ4v) is 2.20. The van der Waals surface area contributed by atoms with Gasteiger partial charge in [-0.2, -0.15) is 4.99 Å². The van der Waals surface area contributed by atoms with Gasteiger partial charge in [0.05, 0.1) is 12.6 Å². The van der Waals surface area contributed by atoms with Crippen molar-refractivity contribution < 1.29 is 9.53 Å². The zero-order valence-electron chi connectivity index (χ0n) is 9.21. The molecule has 1 aliphatic carbocycles. The van der Waals surface area contributed by atoms with Gasteiger partial charge in [-0.25, -0.2) is 4.79 Å².